The van der Waals surface area contributed by atoms with Gasteiger partial charge in [-0.1, -0.05) is 51.8 Å². The van der Waals surface area contributed by atoms with Gasteiger partial charge in [0, 0.05) is 34.7 Å². The summed E-state index contributed by atoms with van der Waals surface area (Å²) in [4.78, 5) is 12.4. The SMILES string of the molecule is CNC(=O)[C@H](Cc1cccc(Br)c1)n1ccc(-c2ccc(Cl)cc2)n1. The lowest BCUT2D eigenvalue weighted by Crippen LogP contribution is -2.31. The van der Waals surface area contributed by atoms with E-state index < -0.39 is 6.04 Å². The first kappa shape index (κ1) is 17.7. The quantitative estimate of drug-likeness (QED) is 0.663. The van der Waals surface area contributed by atoms with Crippen LogP contribution >= 0.6 is 27.5 Å². The van der Waals surface area contributed by atoms with Gasteiger partial charge in [0.1, 0.15) is 6.04 Å². The van der Waals surface area contributed by atoms with Crippen LogP contribution in [0, 0.1) is 0 Å². The number of benzene rings is 2. The largest absolute Gasteiger partial charge is 0.357 e. The Morgan fingerprint density at radius 2 is 2.00 bits per heavy atom. The molecule has 4 nitrogen and oxygen atoms in total. The van der Waals surface area contributed by atoms with Gasteiger partial charge in [0.2, 0.25) is 5.91 Å². The lowest BCUT2D eigenvalue weighted by Gasteiger charge is -2.16. The number of amides is 1. The number of hydrogen-bond acceptors (Lipinski definition) is 2. The summed E-state index contributed by atoms with van der Waals surface area (Å²) in [6.07, 6.45) is 2.39. The predicted octanol–water partition coefficient (Wildman–Crippen LogP) is 4.50. The number of nitrogens with one attached hydrogen (secondary N) is 1. The number of rotatable bonds is 5. The fourth-order valence-electron chi connectivity index (χ4n) is 2.65. The van der Waals surface area contributed by atoms with E-state index in [0.29, 0.717) is 11.4 Å². The van der Waals surface area contributed by atoms with E-state index in [9.17, 15) is 4.79 Å². The molecule has 1 N–H and O–H groups in total. The average molecular weight is 419 g/mol. The van der Waals surface area contributed by atoms with Crippen LogP contribution < -0.4 is 5.32 Å². The normalized spacial score (nSPS) is 12.0. The zero-order valence-electron chi connectivity index (χ0n) is 13.6. The van der Waals surface area contributed by atoms with Gasteiger partial charge in [-0.05, 0) is 35.9 Å². The predicted molar refractivity (Wildman–Crippen MR) is 104 cm³/mol. The first-order valence-electron chi connectivity index (χ1n) is 7.84. The fraction of sp³-hybridized carbons (Fsp3) is 0.158. The summed E-state index contributed by atoms with van der Waals surface area (Å²) >= 11 is 9.40. The van der Waals surface area contributed by atoms with Gasteiger partial charge in [0.15, 0.2) is 0 Å². The van der Waals surface area contributed by atoms with Crippen LogP contribution in [0.1, 0.15) is 11.6 Å². The van der Waals surface area contributed by atoms with E-state index >= 15 is 0 Å². The molecule has 1 atom stereocenters. The molecular formula is C19H17BrClN3O. The molecule has 0 unspecified atom stereocenters. The van der Waals surface area contributed by atoms with E-state index in [-0.39, 0.29) is 5.91 Å². The Hall–Kier alpha value is -2.11. The smallest absolute Gasteiger partial charge is 0.244 e. The Labute approximate surface area is 159 Å². The van der Waals surface area contributed by atoms with E-state index in [1.54, 1.807) is 11.7 Å². The summed E-state index contributed by atoms with van der Waals surface area (Å²) in [5, 5.41) is 8.01. The Morgan fingerprint density at radius 3 is 2.68 bits per heavy atom. The third kappa shape index (κ3) is 4.30. The van der Waals surface area contributed by atoms with Crippen molar-refractivity contribution in [1.82, 2.24) is 15.1 Å². The average Bonchev–Trinajstić information content (AvgIpc) is 3.09. The van der Waals surface area contributed by atoms with Crippen LogP contribution in [0.2, 0.25) is 5.02 Å². The molecule has 0 bridgehead atoms. The zero-order chi connectivity index (χ0) is 17.8. The highest BCUT2D eigenvalue weighted by atomic mass is 79.9. The number of carbonyl (C=O) groups excluding carboxylic acids is 1. The molecule has 128 valence electrons. The van der Waals surface area contributed by atoms with E-state index in [2.05, 4.69) is 26.3 Å². The highest BCUT2D eigenvalue weighted by Crippen LogP contribution is 2.23. The summed E-state index contributed by atoms with van der Waals surface area (Å²) in [6.45, 7) is 0. The lowest BCUT2D eigenvalue weighted by atomic mass is 10.1. The number of likely N-dealkylation sites (N-methyl/N-ethyl adjacent to an activating group) is 1. The second-order valence-electron chi connectivity index (χ2n) is 5.65. The molecule has 6 heteroatoms. The molecule has 3 rings (SSSR count). The van der Waals surface area contributed by atoms with Crippen LogP contribution in [0.4, 0.5) is 0 Å². The molecule has 0 saturated heterocycles. The third-order valence-electron chi connectivity index (χ3n) is 3.93. The van der Waals surface area contributed by atoms with E-state index in [1.807, 2.05) is 60.8 Å². The van der Waals surface area contributed by atoms with Gasteiger partial charge >= 0.3 is 0 Å². The van der Waals surface area contributed by atoms with Gasteiger partial charge in [0.05, 0.1) is 5.69 Å². The van der Waals surface area contributed by atoms with Crippen molar-refractivity contribution in [2.24, 2.45) is 0 Å². The van der Waals surface area contributed by atoms with E-state index in [0.717, 1.165) is 21.3 Å². The summed E-state index contributed by atoms with van der Waals surface area (Å²) in [6, 6.07) is 16.9. The monoisotopic (exact) mass is 417 g/mol. The van der Waals surface area contributed by atoms with Crippen molar-refractivity contribution < 1.29 is 4.79 Å². The van der Waals surface area contributed by atoms with E-state index in [1.165, 1.54) is 0 Å². The van der Waals surface area contributed by atoms with Gasteiger partial charge in [-0.2, -0.15) is 5.10 Å². The zero-order valence-corrected chi connectivity index (χ0v) is 16.0. The molecule has 1 heterocycles. The third-order valence-corrected chi connectivity index (χ3v) is 4.68. The van der Waals surface area contributed by atoms with Gasteiger partial charge in [0.25, 0.3) is 0 Å². The number of aromatic nitrogens is 2. The van der Waals surface area contributed by atoms with Crippen LogP contribution in [0.25, 0.3) is 11.3 Å². The van der Waals surface area contributed by atoms with Crippen molar-refractivity contribution in [1.29, 1.82) is 0 Å². The summed E-state index contributed by atoms with van der Waals surface area (Å²) < 4.78 is 2.70. The van der Waals surface area contributed by atoms with Crippen LogP contribution in [0.3, 0.4) is 0 Å². The second kappa shape index (κ2) is 7.85. The Balaban J connectivity index is 1.89. The number of hydrogen-bond donors (Lipinski definition) is 1. The Morgan fingerprint density at radius 1 is 1.24 bits per heavy atom. The fourth-order valence-corrected chi connectivity index (χ4v) is 3.22. The second-order valence-corrected chi connectivity index (χ2v) is 7.00. The number of nitrogens with zero attached hydrogens (tertiary/aromatic N) is 2. The van der Waals surface area contributed by atoms with Crippen molar-refractivity contribution in [3.63, 3.8) is 0 Å². The molecular weight excluding hydrogens is 402 g/mol. The van der Waals surface area contributed by atoms with Crippen LogP contribution in [-0.2, 0) is 11.2 Å². The molecule has 2 aromatic carbocycles. The molecule has 0 radical (unpaired) electrons. The number of halogens is 2. The minimum absolute atomic E-state index is 0.0780. The Kier molecular flexibility index (Phi) is 5.56. The first-order valence-corrected chi connectivity index (χ1v) is 9.01. The highest BCUT2D eigenvalue weighted by molar-refractivity contribution is 9.10. The van der Waals surface area contributed by atoms with Crippen molar-refractivity contribution in [3.05, 3.63) is 75.9 Å². The maximum absolute atomic E-state index is 12.4. The van der Waals surface area contributed by atoms with Crippen LogP contribution in [0.5, 0.6) is 0 Å². The summed E-state index contributed by atoms with van der Waals surface area (Å²) in [5.74, 6) is -0.0780. The van der Waals surface area contributed by atoms with Crippen LogP contribution in [-0.4, -0.2) is 22.7 Å². The minimum atomic E-state index is -0.416. The molecule has 1 amide bonds. The standard InChI is InChI=1S/C19H17BrClN3O/c1-22-19(25)18(12-13-3-2-4-15(20)11-13)24-10-9-17(23-24)14-5-7-16(21)8-6-14/h2-11,18H,12H2,1H3,(H,22,25)/t18-/m0/s1. The van der Waals surface area contributed by atoms with Crippen molar-refractivity contribution in [2.75, 3.05) is 7.05 Å². The summed E-state index contributed by atoms with van der Waals surface area (Å²) in [7, 11) is 1.64. The number of carbonyl (C=O) groups is 1. The molecule has 0 saturated carbocycles. The van der Waals surface area contributed by atoms with Gasteiger partial charge < -0.3 is 5.32 Å². The molecule has 25 heavy (non-hydrogen) atoms. The molecule has 0 aliphatic carbocycles. The molecule has 0 spiro atoms. The maximum atomic E-state index is 12.4. The maximum Gasteiger partial charge on any atom is 0.244 e. The molecule has 0 fully saturated rings. The molecule has 1 aromatic heterocycles. The molecule has 0 aliphatic heterocycles. The van der Waals surface area contributed by atoms with Gasteiger partial charge in [-0.15, -0.1) is 0 Å². The van der Waals surface area contributed by atoms with Gasteiger partial charge in [-0.3, -0.25) is 9.48 Å². The Bertz CT molecular complexity index is 876. The van der Waals surface area contributed by atoms with Crippen molar-refractivity contribution in [3.8, 4) is 11.3 Å². The minimum Gasteiger partial charge on any atom is -0.357 e. The van der Waals surface area contributed by atoms with Crippen molar-refractivity contribution in [2.45, 2.75) is 12.5 Å². The topological polar surface area (TPSA) is 46.9 Å². The lowest BCUT2D eigenvalue weighted by molar-refractivity contribution is -0.124. The van der Waals surface area contributed by atoms with E-state index in [4.69, 9.17) is 11.6 Å². The molecule has 0 aliphatic rings. The summed E-state index contributed by atoms with van der Waals surface area (Å²) in [5.41, 5.74) is 2.83. The van der Waals surface area contributed by atoms with Crippen LogP contribution in [0.15, 0.2) is 65.3 Å². The molecule has 3 aromatic rings. The highest BCUT2D eigenvalue weighted by Gasteiger charge is 2.21. The first-order chi connectivity index (χ1) is 12.1. The van der Waals surface area contributed by atoms with Gasteiger partial charge in [-0.25, -0.2) is 0 Å². The van der Waals surface area contributed by atoms with Crippen molar-refractivity contribution >= 4 is 33.4 Å².